The second kappa shape index (κ2) is 8.26. The van der Waals surface area contributed by atoms with Crippen LogP contribution in [-0.2, 0) is 6.42 Å². The topological polar surface area (TPSA) is 12.4 Å². The van der Waals surface area contributed by atoms with E-state index in [0.717, 1.165) is 17.7 Å². The molecule has 0 saturated carbocycles. The molecule has 3 aromatic rings. The van der Waals surface area contributed by atoms with Crippen molar-refractivity contribution >= 4 is 11.9 Å². The van der Waals surface area contributed by atoms with Gasteiger partial charge in [-0.05, 0) is 47.2 Å². The summed E-state index contributed by atoms with van der Waals surface area (Å²) in [5.74, 6) is 0. The smallest absolute Gasteiger partial charge is 0.0630 e. The van der Waals surface area contributed by atoms with Gasteiger partial charge in [-0.3, -0.25) is 4.99 Å². The fraction of sp³-hybridized carbons (Fsp3) is 0.174. The third kappa shape index (κ3) is 4.42. The van der Waals surface area contributed by atoms with Crippen molar-refractivity contribution in [3.8, 4) is 11.1 Å². The lowest BCUT2D eigenvalue weighted by Gasteiger charge is -2.02. The average molecular weight is 313 g/mol. The maximum Gasteiger partial charge on any atom is 0.0630 e. The van der Waals surface area contributed by atoms with Gasteiger partial charge in [-0.1, -0.05) is 80.1 Å². The molecule has 3 aromatic carbocycles. The number of unbranched alkanes of at least 4 members (excludes halogenated alkanes) is 1. The van der Waals surface area contributed by atoms with Crippen LogP contribution in [0.4, 0.5) is 5.69 Å². The van der Waals surface area contributed by atoms with Gasteiger partial charge in [-0.25, -0.2) is 0 Å². The molecule has 0 bridgehead atoms. The highest BCUT2D eigenvalue weighted by atomic mass is 14.7. The Kier molecular flexibility index (Phi) is 5.57. The molecular formula is C23H23N. The molecular weight excluding hydrogens is 290 g/mol. The summed E-state index contributed by atoms with van der Waals surface area (Å²) < 4.78 is 0. The third-order valence-electron chi connectivity index (χ3n) is 4.14. The fourth-order valence-electron chi connectivity index (χ4n) is 2.67. The molecule has 1 nitrogen and oxygen atoms in total. The predicted octanol–water partition coefficient (Wildman–Crippen LogP) is 6.45. The zero-order valence-corrected chi connectivity index (χ0v) is 14.2. The molecule has 0 unspecified atom stereocenters. The van der Waals surface area contributed by atoms with Gasteiger partial charge in [-0.15, -0.1) is 0 Å². The first-order valence-corrected chi connectivity index (χ1v) is 8.63. The summed E-state index contributed by atoms with van der Waals surface area (Å²) in [5, 5.41) is 0. The summed E-state index contributed by atoms with van der Waals surface area (Å²) in [4.78, 5) is 4.58. The van der Waals surface area contributed by atoms with Crippen LogP contribution in [0, 0.1) is 0 Å². The van der Waals surface area contributed by atoms with E-state index >= 15 is 0 Å². The number of hydrogen-bond donors (Lipinski definition) is 0. The van der Waals surface area contributed by atoms with Crippen molar-refractivity contribution in [1.82, 2.24) is 0 Å². The standard InChI is InChI=1S/C23H23N/c1-2-3-7-19-12-16-23(17-13-19)24-18-20-10-14-22(15-11-20)21-8-5-4-6-9-21/h4-6,8-18H,2-3,7H2,1H3. The number of aryl methyl sites for hydroxylation is 1. The van der Waals surface area contributed by atoms with Crippen LogP contribution in [-0.4, -0.2) is 6.21 Å². The second-order valence-corrected chi connectivity index (χ2v) is 6.02. The first-order valence-electron chi connectivity index (χ1n) is 8.63. The highest BCUT2D eigenvalue weighted by Gasteiger charge is 1.97. The van der Waals surface area contributed by atoms with Gasteiger partial charge in [0.2, 0.25) is 0 Å². The van der Waals surface area contributed by atoms with Crippen molar-refractivity contribution in [2.45, 2.75) is 26.2 Å². The van der Waals surface area contributed by atoms with Crippen LogP contribution in [0.25, 0.3) is 11.1 Å². The van der Waals surface area contributed by atoms with Crippen molar-refractivity contribution in [2.75, 3.05) is 0 Å². The lowest BCUT2D eigenvalue weighted by Crippen LogP contribution is -1.84. The van der Waals surface area contributed by atoms with Crippen molar-refractivity contribution in [3.63, 3.8) is 0 Å². The molecule has 120 valence electrons. The number of hydrogen-bond acceptors (Lipinski definition) is 1. The monoisotopic (exact) mass is 313 g/mol. The van der Waals surface area contributed by atoms with Crippen LogP contribution < -0.4 is 0 Å². The lowest BCUT2D eigenvalue weighted by atomic mass is 10.0. The molecule has 3 rings (SSSR count). The Labute approximate surface area is 144 Å². The average Bonchev–Trinajstić information content (AvgIpc) is 2.67. The highest BCUT2D eigenvalue weighted by molar-refractivity contribution is 5.83. The Morgan fingerprint density at radius 3 is 2.08 bits per heavy atom. The van der Waals surface area contributed by atoms with Crippen molar-refractivity contribution in [1.29, 1.82) is 0 Å². The Morgan fingerprint density at radius 2 is 1.42 bits per heavy atom. The Morgan fingerprint density at radius 1 is 0.750 bits per heavy atom. The first kappa shape index (κ1) is 16.2. The van der Waals surface area contributed by atoms with Gasteiger partial charge in [0.25, 0.3) is 0 Å². The molecule has 0 atom stereocenters. The molecule has 0 aromatic heterocycles. The van der Waals surface area contributed by atoms with E-state index in [4.69, 9.17) is 0 Å². The molecule has 0 radical (unpaired) electrons. The van der Waals surface area contributed by atoms with E-state index < -0.39 is 0 Å². The van der Waals surface area contributed by atoms with Crippen molar-refractivity contribution in [3.05, 3.63) is 90.0 Å². The van der Waals surface area contributed by atoms with E-state index in [2.05, 4.69) is 84.7 Å². The van der Waals surface area contributed by atoms with Crippen LogP contribution in [0.1, 0.15) is 30.9 Å². The van der Waals surface area contributed by atoms with Gasteiger partial charge < -0.3 is 0 Å². The van der Waals surface area contributed by atoms with E-state index in [0.29, 0.717) is 0 Å². The first-order chi connectivity index (χ1) is 11.8. The molecule has 0 aliphatic carbocycles. The number of aliphatic imine (C=N–C) groups is 1. The van der Waals surface area contributed by atoms with Gasteiger partial charge in [0.05, 0.1) is 5.69 Å². The van der Waals surface area contributed by atoms with Gasteiger partial charge >= 0.3 is 0 Å². The van der Waals surface area contributed by atoms with Gasteiger partial charge in [-0.2, -0.15) is 0 Å². The number of nitrogens with zero attached hydrogens (tertiary/aromatic N) is 1. The summed E-state index contributed by atoms with van der Waals surface area (Å²) in [6, 6.07) is 27.5. The van der Waals surface area contributed by atoms with Crippen LogP contribution >= 0.6 is 0 Å². The van der Waals surface area contributed by atoms with Crippen molar-refractivity contribution < 1.29 is 0 Å². The molecule has 0 amide bonds. The van der Waals surface area contributed by atoms with Crippen LogP contribution in [0.15, 0.2) is 83.9 Å². The molecule has 24 heavy (non-hydrogen) atoms. The zero-order valence-electron chi connectivity index (χ0n) is 14.2. The Balaban J connectivity index is 1.66. The molecule has 1 heteroatoms. The van der Waals surface area contributed by atoms with E-state index in [-0.39, 0.29) is 0 Å². The quantitative estimate of drug-likeness (QED) is 0.464. The summed E-state index contributed by atoms with van der Waals surface area (Å²) in [6.07, 6.45) is 5.56. The van der Waals surface area contributed by atoms with E-state index in [1.165, 1.54) is 29.5 Å². The van der Waals surface area contributed by atoms with Gasteiger partial charge in [0.1, 0.15) is 0 Å². The highest BCUT2D eigenvalue weighted by Crippen LogP contribution is 2.19. The van der Waals surface area contributed by atoms with Crippen LogP contribution in [0.2, 0.25) is 0 Å². The fourth-order valence-corrected chi connectivity index (χ4v) is 2.67. The van der Waals surface area contributed by atoms with E-state index in [9.17, 15) is 0 Å². The SMILES string of the molecule is CCCCc1ccc(N=Cc2ccc(-c3ccccc3)cc2)cc1. The molecule has 0 heterocycles. The van der Waals surface area contributed by atoms with Gasteiger partial charge in [0.15, 0.2) is 0 Å². The molecule has 0 N–H and O–H groups in total. The molecule has 0 spiro atoms. The summed E-state index contributed by atoms with van der Waals surface area (Å²) in [7, 11) is 0. The largest absolute Gasteiger partial charge is 0.256 e. The maximum absolute atomic E-state index is 4.58. The van der Waals surface area contributed by atoms with E-state index in [1.807, 2.05) is 12.3 Å². The Hall–Kier alpha value is -2.67. The molecule has 0 aliphatic heterocycles. The van der Waals surface area contributed by atoms with Crippen LogP contribution in [0.5, 0.6) is 0 Å². The predicted molar refractivity (Wildman–Crippen MR) is 104 cm³/mol. The summed E-state index contributed by atoms with van der Waals surface area (Å²) >= 11 is 0. The third-order valence-corrected chi connectivity index (χ3v) is 4.14. The molecule has 0 fully saturated rings. The minimum absolute atomic E-state index is 1.00. The van der Waals surface area contributed by atoms with Gasteiger partial charge in [0, 0.05) is 6.21 Å². The normalized spacial score (nSPS) is 11.0. The van der Waals surface area contributed by atoms with Crippen molar-refractivity contribution in [2.24, 2.45) is 4.99 Å². The second-order valence-electron chi connectivity index (χ2n) is 6.02. The summed E-state index contributed by atoms with van der Waals surface area (Å²) in [6.45, 7) is 2.22. The minimum Gasteiger partial charge on any atom is -0.256 e. The maximum atomic E-state index is 4.58. The molecule has 0 aliphatic rings. The Bertz CT molecular complexity index is 769. The minimum atomic E-state index is 1.00. The molecule has 0 saturated heterocycles. The van der Waals surface area contributed by atoms with Crippen LogP contribution in [0.3, 0.4) is 0 Å². The number of rotatable bonds is 6. The summed E-state index contributed by atoms with van der Waals surface area (Å²) in [5.41, 5.74) is 5.98. The lowest BCUT2D eigenvalue weighted by molar-refractivity contribution is 0.795. The zero-order chi connectivity index (χ0) is 16.6. The number of benzene rings is 3. The van der Waals surface area contributed by atoms with E-state index in [1.54, 1.807) is 0 Å².